The highest BCUT2D eigenvalue weighted by Gasteiger charge is 2.21. The van der Waals surface area contributed by atoms with Crippen molar-refractivity contribution in [3.8, 4) is 22.9 Å². The largest absolute Gasteiger partial charge is 0.492 e. The number of nitriles is 1. The summed E-state index contributed by atoms with van der Waals surface area (Å²) in [7, 11) is 0. The first-order chi connectivity index (χ1) is 17.5. The molecule has 0 radical (unpaired) electrons. The number of nitrogen functional groups attached to an aromatic ring is 1. The number of rotatable bonds is 9. The molecule has 2 aromatic carbocycles. The second-order valence-electron chi connectivity index (χ2n) is 7.35. The molecule has 2 aromatic heterocycles. The van der Waals surface area contributed by atoms with Crippen LogP contribution in [0.2, 0.25) is 0 Å². The van der Waals surface area contributed by atoms with Gasteiger partial charge in [0.2, 0.25) is 5.69 Å². The Labute approximate surface area is 215 Å². The maximum atomic E-state index is 13.1. The summed E-state index contributed by atoms with van der Waals surface area (Å²) in [5.41, 5.74) is 14.6. The van der Waals surface area contributed by atoms with Crippen LogP contribution >= 0.6 is 23.1 Å². The molecule has 180 valence electrons. The third-order valence-electron chi connectivity index (χ3n) is 4.92. The van der Waals surface area contributed by atoms with Crippen LogP contribution in [0.3, 0.4) is 0 Å². The monoisotopic (exact) mass is 517 g/mol. The molecule has 0 saturated heterocycles. The van der Waals surface area contributed by atoms with Gasteiger partial charge in [0.15, 0.2) is 5.13 Å². The number of benzene rings is 2. The SMILES string of the molecule is [C-]#[N+]c1c(N)nc(SCc2csc(Nc3ccc(F)cc3)n2)c(C#N)c1-c1ccc(OCCN)cc1. The van der Waals surface area contributed by atoms with E-state index in [0.717, 1.165) is 11.4 Å². The minimum Gasteiger partial charge on any atom is -0.492 e. The summed E-state index contributed by atoms with van der Waals surface area (Å²) in [5, 5.41) is 16.1. The molecular weight excluding hydrogens is 497 g/mol. The molecule has 0 amide bonds. The van der Waals surface area contributed by atoms with Crippen LogP contribution in [0.5, 0.6) is 5.75 Å². The number of hydrogen-bond acceptors (Lipinski definition) is 9. The van der Waals surface area contributed by atoms with E-state index in [0.29, 0.717) is 45.9 Å². The van der Waals surface area contributed by atoms with Gasteiger partial charge in [0.1, 0.15) is 35.1 Å². The third kappa shape index (κ3) is 5.73. The Morgan fingerprint density at radius 1 is 1.17 bits per heavy atom. The average molecular weight is 518 g/mol. The smallest absolute Gasteiger partial charge is 0.236 e. The Kier molecular flexibility index (Phi) is 7.98. The summed E-state index contributed by atoms with van der Waals surface area (Å²) in [6.45, 7) is 8.39. The van der Waals surface area contributed by atoms with Gasteiger partial charge in [-0.2, -0.15) is 5.26 Å². The Balaban J connectivity index is 1.57. The molecule has 36 heavy (non-hydrogen) atoms. The van der Waals surface area contributed by atoms with Crippen LogP contribution in [0.1, 0.15) is 11.3 Å². The zero-order valence-electron chi connectivity index (χ0n) is 18.9. The summed E-state index contributed by atoms with van der Waals surface area (Å²) < 4.78 is 18.6. The summed E-state index contributed by atoms with van der Waals surface area (Å²) in [6.07, 6.45) is 0. The van der Waals surface area contributed by atoms with E-state index in [9.17, 15) is 9.65 Å². The maximum absolute atomic E-state index is 13.1. The quantitative estimate of drug-likeness (QED) is 0.190. The number of hydrogen-bond donors (Lipinski definition) is 3. The van der Waals surface area contributed by atoms with Crippen LogP contribution in [0, 0.1) is 23.7 Å². The molecule has 8 nitrogen and oxygen atoms in total. The molecule has 0 spiro atoms. The first-order valence-corrected chi connectivity index (χ1v) is 12.5. The first-order valence-electron chi connectivity index (χ1n) is 10.7. The van der Waals surface area contributed by atoms with Gasteiger partial charge in [-0.05, 0) is 42.0 Å². The highest BCUT2D eigenvalue weighted by atomic mass is 32.2. The van der Waals surface area contributed by atoms with Gasteiger partial charge < -0.3 is 21.5 Å². The highest BCUT2D eigenvalue weighted by molar-refractivity contribution is 7.98. The summed E-state index contributed by atoms with van der Waals surface area (Å²) in [5.74, 6) is 0.821. The fraction of sp³-hybridized carbons (Fsp3) is 0.120. The van der Waals surface area contributed by atoms with Gasteiger partial charge in [-0.3, -0.25) is 0 Å². The molecule has 4 rings (SSSR count). The lowest BCUT2D eigenvalue weighted by Crippen LogP contribution is -2.10. The van der Waals surface area contributed by atoms with Gasteiger partial charge in [0.05, 0.1) is 17.8 Å². The number of nitrogens with one attached hydrogen (secondary N) is 1. The van der Waals surface area contributed by atoms with Crippen LogP contribution in [-0.2, 0) is 5.75 Å². The van der Waals surface area contributed by atoms with E-state index in [4.69, 9.17) is 22.8 Å². The number of anilines is 3. The van der Waals surface area contributed by atoms with Crippen LogP contribution in [0.4, 0.5) is 26.7 Å². The second-order valence-corrected chi connectivity index (χ2v) is 9.17. The highest BCUT2D eigenvalue weighted by Crippen LogP contribution is 2.42. The van der Waals surface area contributed by atoms with Gasteiger partial charge in [0, 0.05) is 28.9 Å². The van der Waals surface area contributed by atoms with Crippen molar-refractivity contribution in [1.82, 2.24) is 9.97 Å². The van der Waals surface area contributed by atoms with Crippen LogP contribution in [-0.4, -0.2) is 23.1 Å². The number of thiazole rings is 1. The zero-order chi connectivity index (χ0) is 25.5. The normalized spacial score (nSPS) is 10.4. The van der Waals surface area contributed by atoms with Crippen molar-refractivity contribution in [3.63, 3.8) is 0 Å². The van der Waals surface area contributed by atoms with Crippen molar-refractivity contribution < 1.29 is 9.13 Å². The van der Waals surface area contributed by atoms with E-state index in [1.54, 1.807) is 36.4 Å². The third-order valence-corrected chi connectivity index (χ3v) is 6.74. The van der Waals surface area contributed by atoms with E-state index in [1.165, 1.54) is 35.2 Å². The van der Waals surface area contributed by atoms with E-state index in [1.807, 2.05) is 5.38 Å². The second kappa shape index (κ2) is 11.5. The molecule has 0 atom stereocenters. The van der Waals surface area contributed by atoms with Crippen molar-refractivity contribution in [2.24, 2.45) is 5.73 Å². The number of pyridine rings is 1. The molecule has 0 fully saturated rings. The van der Waals surface area contributed by atoms with E-state index in [-0.39, 0.29) is 22.9 Å². The van der Waals surface area contributed by atoms with Crippen LogP contribution < -0.4 is 21.5 Å². The fourth-order valence-corrected chi connectivity index (χ4v) is 5.02. The molecule has 2 heterocycles. The zero-order valence-corrected chi connectivity index (χ0v) is 20.5. The van der Waals surface area contributed by atoms with Gasteiger partial charge >= 0.3 is 0 Å². The number of thioether (sulfide) groups is 1. The molecule has 0 aliphatic heterocycles. The summed E-state index contributed by atoms with van der Waals surface area (Å²) in [6, 6.07) is 15.3. The minimum absolute atomic E-state index is 0.0573. The molecule has 5 N–H and O–H groups in total. The molecule has 4 aromatic rings. The number of halogens is 1. The van der Waals surface area contributed by atoms with Gasteiger partial charge in [0.25, 0.3) is 0 Å². The Hall–Kier alpha value is -4.16. The first kappa shape index (κ1) is 24.9. The molecule has 0 aliphatic rings. The van der Waals surface area contributed by atoms with Crippen molar-refractivity contribution >= 4 is 45.4 Å². The number of ether oxygens (including phenoxy) is 1. The van der Waals surface area contributed by atoms with Gasteiger partial charge in [-0.25, -0.2) is 19.2 Å². The Bertz CT molecular complexity index is 1440. The fourth-order valence-electron chi connectivity index (χ4n) is 3.30. The Morgan fingerprint density at radius 3 is 2.58 bits per heavy atom. The predicted octanol–water partition coefficient (Wildman–Crippen LogP) is 5.72. The van der Waals surface area contributed by atoms with Gasteiger partial charge in [-0.15, -0.1) is 11.3 Å². The van der Waals surface area contributed by atoms with Crippen LogP contribution in [0.15, 0.2) is 58.9 Å². The van der Waals surface area contributed by atoms with E-state index in [2.05, 4.69) is 26.2 Å². The summed E-state index contributed by atoms with van der Waals surface area (Å²) in [4.78, 5) is 12.4. The molecule has 0 unspecified atom stereocenters. The predicted molar refractivity (Wildman–Crippen MR) is 141 cm³/mol. The van der Waals surface area contributed by atoms with E-state index >= 15 is 0 Å². The lowest BCUT2D eigenvalue weighted by molar-refractivity contribution is 0.328. The molecule has 0 saturated carbocycles. The lowest BCUT2D eigenvalue weighted by Gasteiger charge is -2.13. The minimum atomic E-state index is -0.309. The molecular formula is C25H20FN7OS2. The number of aromatic nitrogens is 2. The molecule has 0 aliphatic carbocycles. The van der Waals surface area contributed by atoms with Gasteiger partial charge in [-0.1, -0.05) is 23.9 Å². The van der Waals surface area contributed by atoms with Crippen molar-refractivity contribution in [1.29, 1.82) is 5.26 Å². The topological polar surface area (TPSA) is 127 Å². The Morgan fingerprint density at radius 2 is 1.92 bits per heavy atom. The average Bonchev–Trinajstić information content (AvgIpc) is 3.34. The molecule has 0 bridgehead atoms. The lowest BCUT2D eigenvalue weighted by atomic mass is 10.00. The molecule has 11 heteroatoms. The number of nitrogens with zero attached hydrogens (tertiary/aromatic N) is 4. The van der Waals surface area contributed by atoms with Crippen molar-refractivity contribution in [3.05, 3.63) is 82.4 Å². The summed E-state index contributed by atoms with van der Waals surface area (Å²) >= 11 is 2.73. The standard InChI is InChI=1S/C25H20FN7OS2/c1-30-22-21(15-2-8-19(9-3-15)34-11-10-27)20(12-28)24(33-23(22)29)35-13-18-14-36-25(32-18)31-17-6-4-16(26)5-7-17/h2-9,14H,10-11,13,27H2,(H2,29,33)(H,31,32). The maximum Gasteiger partial charge on any atom is 0.236 e. The van der Waals surface area contributed by atoms with Crippen molar-refractivity contribution in [2.75, 3.05) is 24.2 Å². The van der Waals surface area contributed by atoms with Crippen molar-refractivity contribution in [2.45, 2.75) is 10.8 Å². The van der Waals surface area contributed by atoms with Crippen LogP contribution in [0.25, 0.3) is 16.0 Å². The van der Waals surface area contributed by atoms with E-state index < -0.39 is 0 Å². The number of nitrogens with two attached hydrogens (primary N) is 2.